The van der Waals surface area contributed by atoms with Crippen molar-refractivity contribution in [1.82, 2.24) is 0 Å². The highest BCUT2D eigenvalue weighted by atomic mass is 19.1. The minimum absolute atomic E-state index is 0.131. The van der Waals surface area contributed by atoms with Crippen molar-refractivity contribution in [3.63, 3.8) is 0 Å². The number of ketones is 1. The van der Waals surface area contributed by atoms with Gasteiger partial charge < -0.3 is 4.74 Å². The average molecular weight is 280 g/mol. The third-order valence-electron chi connectivity index (χ3n) is 3.27. The minimum Gasteiger partial charge on any atom is -0.494 e. The van der Waals surface area contributed by atoms with E-state index in [2.05, 4.69) is 0 Å². The highest BCUT2D eigenvalue weighted by molar-refractivity contribution is 5.80. The average Bonchev–Trinajstić information content (AvgIpc) is 2.37. The van der Waals surface area contributed by atoms with E-state index in [1.807, 2.05) is 26.8 Å². The Kier molecular flexibility index (Phi) is 7.27. The van der Waals surface area contributed by atoms with Crippen molar-refractivity contribution in [3.8, 4) is 5.75 Å². The first-order chi connectivity index (χ1) is 9.52. The highest BCUT2D eigenvalue weighted by Gasteiger charge is 2.06. The van der Waals surface area contributed by atoms with Gasteiger partial charge in [0.05, 0.1) is 6.61 Å². The van der Waals surface area contributed by atoms with Crippen molar-refractivity contribution in [2.45, 2.75) is 52.9 Å². The Hall–Kier alpha value is -1.38. The van der Waals surface area contributed by atoms with E-state index in [4.69, 9.17) is 4.74 Å². The largest absolute Gasteiger partial charge is 0.494 e. The summed E-state index contributed by atoms with van der Waals surface area (Å²) in [5, 5.41) is 0. The Morgan fingerprint density at radius 3 is 2.60 bits per heavy atom. The zero-order chi connectivity index (χ0) is 15.0. The Labute approximate surface area is 121 Å². The van der Waals surface area contributed by atoms with E-state index in [1.54, 1.807) is 6.07 Å². The van der Waals surface area contributed by atoms with Crippen LogP contribution in [0.2, 0.25) is 0 Å². The van der Waals surface area contributed by atoms with E-state index in [1.165, 1.54) is 6.07 Å². The molecule has 0 aromatic heterocycles. The molecule has 1 aromatic carbocycles. The second kappa shape index (κ2) is 8.72. The van der Waals surface area contributed by atoms with Crippen molar-refractivity contribution in [2.24, 2.45) is 5.92 Å². The number of aryl methyl sites for hydroxylation is 1. The molecule has 20 heavy (non-hydrogen) atoms. The number of carbonyl (C=O) groups excluding carboxylic acids is 1. The molecule has 0 spiro atoms. The quantitative estimate of drug-likeness (QED) is 0.620. The molecule has 0 bridgehead atoms. The molecule has 0 N–H and O–H groups in total. The van der Waals surface area contributed by atoms with Crippen LogP contribution in [-0.4, -0.2) is 12.4 Å². The fourth-order valence-electron chi connectivity index (χ4n) is 2.11. The third-order valence-corrected chi connectivity index (χ3v) is 3.27. The number of unbranched alkanes of at least 4 members (excludes halogenated alkanes) is 2. The highest BCUT2D eigenvalue weighted by Crippen LogP contribution is 2.18. The predicted octanol–water partition coefficient (Wildman–Crippen LogP) is 4.55. The fraction of sp³-hybridized carbons (Fsp3) is 0.588. The van der Waals surface area contributed by atoms with Crippen LogP contribution in [0.5, 0.6) is 5.75 Å². The number of benzene rings is 1. The van der Waals surface area contributed by atoms with Gasteiger partial charge in [0.2, 0.25) is 0 Å². The van der Waals surface area contributed by atoms with Crippen LogP contribution < -0.4 is 4.74 Å². The lowest BCUT2D eigenvalue weighted by atomic mass is 10.0. The molecule has 0 heterocycles. The van der Waals surface area contributed by atoms with Gasteiger partial charge in [-0.25, -0.2) is 4.39 Å². The zero-order valence-electron chi connectivity index (χ0n) is 12.7. The predicted molar refractivity (Wildman–Crippen MR) is 79.6 cm³/mol. The molecule has 0 saturated heterocycles. The summed E-state index contributed by atoms with van der Waals surface area (Å²) < 4.78 is 18.7. The summed E-state index contributed by atoms with van der Waals surface area (Å²) in [5.74, 6) is 0.805. The first-order valence-electron chi connectivity index (χ1n) is 7.48. The van der Waals surface area contributed by atoms with Crippen molar-refractivity contribution in [3.05, 3.63) is 29.6 Å². The van der Waals surface area contributed by atoms with Crippen molar-refractivity contribution in [1.29, 1.82) is 0 Å². The van der Waals surface area contributed by atoms with Crippen LogP contribution in [0.25, 0.3) is 0 Å². The SMILES string of the molecule is CCOc1cc(F)cc(CCCCCC(=O)C(C)C)c1. The van der Waals surface area contributed by atoms with E-state index in [9.17, 15) is 9.18 Å². The summed E-state index contributed by atoms with van der Waals surface area (Å²) in [6.07, 6.45) is 4.38. The normalized spacial score (nSPS) is 10.8. The standard InChI is InChI=1S/C17H25FO2/c1-4-20-16-11-14(10-15(18)12-16)8-6-5-7-9-17(19)13(2)3/h10-13H,4-9H2,1-3H3. The molecule has 0 aliphatic rings. The lowest BCUT2D eigenvalue weighted by molar-refractivity contribution is -0.122. The Bertz CT molecular complexity index is 427. The van der Waals surface area contributed by atoms with Crippen LogP contribution in [-0.2, 0) is 11.2 Å². The third kappa shape index (κ3) is 6.18. The van der Waals surface area contributed by atoms with Gasteiger partial charge in [0.1, 0.15) is 17.3 Å². The van der Waals surface area contributed by atoms with Gasteiger partial charge in [-0.1, -0.05) is 20.3 Å². The van der Waals surface area contributed by atoms with Crippen LogP contribution in [0.15, 0.2) is 18.2 Å². The maximum Gasteiger partial charge on any atom is 0.135 e. The summed E-state index contributed by atoms with van der Waals surface area (Å²) in [7, 11) is 0. The number of carbonyl (C=O) groups is 1. The molecule has 2 nitrogen and oxygen atoms in total. The molecular weight excluding hydrogens is 255 g/mol. The number of halogens is 1. The summed E-state index contributed by atoms with van der Waals surface area (Å²) in [5.41, 5.74) is 0.962. The number of Topliss-reactive ketones (excluding diaryl/α,β-unsaturated/α-hetero) is 1. The molecule has 0 atom stereocenters. The summed E-state index contributed by atoms with van der Waals surface area (Å²) in [6, 6.07) is 4.86. The van der Waals surface area contributed by atoms with Gasteiger partial charge in [0.25, 0.3) is 0 Å². The molecule has 0 aliphatic heterocycles. The monoisotopic (exact) mass is 280 g/mol. The van der Waals surface area contributed by atoms with Crippen LogP contribution in [0.3, 0.4) is 0 Å². The van der Waals surface area contributed by atoms with E-state index in [0.29, 0.717) is 24.6 Å². The second-order valence-electron chi connectivity index (χ2n) is 5.41. The van der Waals surface area contributed by atoms with Gasteiger partial charge in [-0.15, -0.1) is 0 Å². The number of hydrogen-bond donors (Lipinski definition) is 0. The lowest BCUT2D eigenvalue weighted by Gasteiger charge is -2.07. The van der Waals surface area contributed by atoms with Gasteiger partial charge >= 0.3 is 0 Å². The van der Waals surface area contributed by atoms with E-state index >= 15 is 0 Å². The van der Waals surface area contributed by atoms with Gasteiger partial charge in [-0.2, -0.15) is 0 Å². The summed E-state index contributed by atoms with van der Waals surface area (Å²) >= 11 is 0. The molecule has 0 amide bonds. The molecule has 0 saturated carbocycles. The Balaban J connectivity index is 2.33. The minimum atomic E-state index is -0.249. The first kappa shape index (κ1) is 16.7. The molecule has 3 heteroatoms. The van der Waals surface area contributed by atoms with Crippen LogP contribution in [0.1, 0.15) is 52.0 Å². The molecule has 0 fully saturated rings. The first-order valence-corrected chi connectivity index (χ1v) is 7.48. The molecular formula is C17H25FO2. The molecule has 1 aromatic rings. The summed E-state index contributed by atoms with van der Waals surface area (Å²) in [6.45, 7) is 6.30. The molecule has 0 radical (unpaired) electrons. The smallest absolute Gasteiger partial charge is 0.135 e. The Morgan fingerprint density at radius 1 is 1.20 bits per heavy atom. The number of hydrogen-bond acceptors (Lipinski definition) is 2. The molecule has 0 aliphatic carbocycles. The lowest BCUT2D eigenvalue weighted by Crippen LogP contribution is -2.06. The van der Waals surface area contributed by atoms with Crippen molar-refractivity contribution >= 4 is 5.78 Å². The number of rotatable bonds is 9. The maximum atomic E-state index is 13.4. The van der Waals surface area contributed by atoms with E-state index in [-0.39, 0.29) is 11.7 Å². The topological polar surface area (TPSA) is 26.3 Å². The zero-order valence-corrected chi connectivity index (χ0v) is 12.7. The maximum absolute atomic E-state index is 13.4. The molecule has 1 rings (SSSR count). The van der Waals surface area contributed by atoms with Crippen LogP contribution in [0, 0.1) is 11.7 Å². The van der Waals surface area contributed by atoms with E-state index in [0.717, 1.165) is 31.2 Å². The summed E-state index contributed by atoms with van der Waals surface area (Å²) in [4.78, 5) is 11.5. The van der Waals surface area contributed by atoms with Gasteiger partial charge in [-0.05, 0) is 43.9 Å². The second-order valence-corrected chi connectivity index (χ2v) is 5.41. The Morgan fingerprint density at radius 2 is 1.95 bits per heavy atom. The fourth-order valence-corrected chi connectivity index (χ4v) is 2.11. The van der Waals surface area contributed by atoms with Gasteiger partial charge in [0, 0.05) is 18.4 Å². The van der Waals surface area contributed by atoms with Gasteiger partial charge in [-0.3, -0.25) is 4.79 Å². The molecule has 0 unspecified atom stereocenters. The van der Waals surface area contributed by atoms with Crippen molar-refractivity contribution in [2.75, 3.05) is 6.61 Å². The van der Waals surface area contributed by atoms with E-state index < -0.39 is 0 Å². The van der Waals surface area contributed by atoms with Crippen LogP contribution in [0.4, 0.5) is 4.39 Å². The van der Waals surface area contributed by atoms with Crippen LogP contribution >= 0.6 is 0 Å². The number of ether oxygens (including phenoxy) is 1. The molecule has 112 valence electrons. The van der Waals surface area contributed by atoms with Crippen molar-refractivity contribution < 1.29 is 13.9 Å². The van der Waals surface area contributed by atoms with Gasteiger partial charge in [0.15, 0.2) is 0 Å².